The Labute approximate surface area is 191 Å². The summed E-state index contributed by atoms with van der Waals surface area (Å²) < 4.78 is 44.5. The summed E-state index contributed by atoms with van der Waals surface area (Å²) >= 11 is 0. The molecule has 2 aromatic rings. The van der Waals surface area contributed by atoms with Crippen molar-refractivity contribution in [1.29, 1.82) is 5.26 Å². The number of hydrogen-bond acceptors (Lipinski definition) is 3. The van der Waals surface area contributed by atoms with Gasteiger partial charge in [-0.2, -0.15) is 18.3 Å². The van der Waals surface area contributed by atoms with Crippen molar-refractivity contribution in [3.63, 3.8) is 0 Å². The number of nitrogens with one attached hydrogen (secondary N) is 1. The summed E-state index contributed by atoms with van der Waals surface area (Å²) in [4.78, 5) is 1.55. The van der Waals surface area contributed by atoms with Crippen molar-refractivity contribution in [2.24, 2.45) is 0 Å². The van der Waals surface area contributed by atoms with Crippen LogP contribution in [0.3, 0.4) is 0 Å². The van der Waals surface area contributed by atoms with E-state index in [0.29, 0.717) is 37.0 Å². The van der Waals surface area contributed by atoms with Crippen molar-refractivity contribution >= 4 is 12.0 Å². The highest BCUT2D eigenvalue weighted by molar-refractivity contribution is 5.81. The van der Waals surface area contributed by atoms with Crippen LogP contribution in [-0.4, -0.2) is 46.9 Å². The molecule has 1 aliphatic carbocycles. The molecule has 1 unspecified atom stereocenters. The molecule has 1 atom stereocenters. The van der Waals surface area contributed by atoms with Gasteiger partial charge in [-0.1, -0.05) is 18.2 Å². The molecule has 3 fully saturated rings. The summed E-state index contributed by atoms with van der Waals surface area (Å²) in [5, 5.41) is 18.0. The fraction of sp³-hybridized carbons (Fsp3) is 0.542. The Bertz CT molecular complexity index is 1070. The molecule has 1 aromatic carbocycles. The second kappa shape index (κ2) is 8.82. The van der Waals surface area contributed by atoms with Crippen molar-refractivity contribution < 1.29 is 17.7 Å². The van der Waals surface area contributed by atoms with Gasteiger partial charge in [0, 0.05) is 11.8 Å². The Kier molecular flexibility index (Phi) is 5.87. The maximum Gasteiger partial charge on any atom is 0.416 e. The van der Waals surface area contributed by atoms with Gasteiger partial charge in [-0.15, -0.1) is 10.2 Å². The maximum absolute atomic E-state index is 13.5. The van der Waals surface area contributed by atoms with E-state index in [0.717, 1.165) is 56.2 Å². The molecule has 0 amide bonds. The summed E-state index contributed by atoms with van der Waals surface area (Å²) in [5.41, 5.74) is 1.70. The third-order valence-electron chi connectivity index (χ3n) is 7.00. The lowest BCUT2D eigenvalue weighted by molar-refractivity contribution is -0.503. The minimum absolute atomic E-state index is 0.222. The van der Waals surface area contributed by atoms with Crippen LogP contribution in [0.15, 0.2) is 30.5 Å². The third kappa shape index (κ3) is 4.49. The third-order valence-corrected chi connectivity index (χ3v) is 7.00. The van der Waals surface area contributed by atoms with Crippen molar-refractivity contribution in [3.8, 4) is 6.19 Å². The Balaban J connectivity index is 1.39. The number of nitrogens with zero attached hydrogens (tertiary/aromatic N) is 5. The van der Waals surface area contributed by atoms with Crippen molar-refractivity contribution in [2.75, 3.05) is 31.1 Å². The molecule has 2 aliphatic heterocycles. The van der Waals surface area contributed by atoms with Gasteiger partial charge in [0.05, 0.1) is 36.6 Å². The first-order valence-electron chi connectivity index (χ1n) is 11.7. The van der Waals surface area contributed by atoms with E-state index in [1.807, 2.05) is 4.58 Å². The molecular weight excluding hydrogens is 429 g/mol. The van der Waals surface area contributed by atoms with Crippen LogP contribution in [0.4, 0.5) is 18.9 Å². The van der Waals surface area contributed by atoms with Crippen LogP contribution in [0.5, 0.6) is 0 Å². The Morgan fingerprint density at radius 2 is 1.88 bits per heavy atom. The number of anilines is 1. The monoisotopic (exact) mass is 457 g/mol. The highest BCUT2D eigenvalue weighted by Gasteiger charge is 2.39. The van der Waals surface area contributed by atoms with Gasteiger partial charge in [0.2, 0.25) is 0 Å². The van der Waals surface area contributed by atoms with Crippen LogP contribution in [0, 0.1) is 11.5 Å². The predicted molar refractivity (Wildman–Crippen MR) is 118 cm³/mol. The number of benzene rings is 1. The van der Waals surface area contributed by atoms with Crippen molar-refractivity contribution in [2.45, 2.75) is 56.2 Å². The van der Waals surface area contributed by atoms with Gasteiger partial charge >= 0.3 is 6.18 Å². The number of hydrogen-bond donors (Lipinski definition) is 1. The highest BCUT2D eigenvalue weighted by atomic mass is 19.4. The number of aromatic nitrogens is 2. The van der Waals surface area contributed by atoms with Gasteiger partial charge in [0.15, 0.2) is 5.69 Å². The maximum atomic E-state index is 13.5. The van der Waals surface area contributed by atoms with E-state index in [2.05, 4.69) is 21.3 Å². The van der Waals surface area contributed by atoms with Gasteiger partial charge < -0.3 is 5.32 Å². The first-order chi connectivity index (χ1) is 16.0. The Hall–Kier alpha value is -2.86. The van der Waals surface area contributed by atoms with E-state index in [9.17, 15) is 18.4 Å². The van der Waals surface area contributed by atoms with Crippen LogP contribution in [-0.2, 0) is 6.18 Å². The number of piperidine rings is 1. The average Bonchev–Trinajstić information content (AvgIpc) is 3.39. The van der Waals surface area contributed by atoms with E-state index in [1.165, 1.54) is 6.07 Å². The zero-order valence-electron chi connectivity index (χ0n) is 18.4. The normalized spacial score (nSPS) is 23.1. The molecular formula is C24H28F3N6+. The fourth-order valence-corrected chi connectivity index (χ4v) is 5.21. The predicted octanol–water partition coefficient (Wildman–Crippen LogP) is 4.22. The molecule has 1 saturated carbocycles. The second-order valence-electron chi connectivity index (χ2n) is 9.27. The lowest BCUT2D eigenvalue weighted by atomic mass is 9.93. The molecule has 9 heteroatoms. The zero-order valence-corrected chi connectivity index (χ0v) is 18.4. The molecule has 0 spiro atoms. The van der Waals surface area contributed by atoms with Crippen LogP contribution in [0.2, 0.25) is 0 Å². The van der Waals surface area contributed by atoms with Gasteiger partial charge in [-0.05, 0) is 56.8 Å². The van der Waals surface area contributed by atoms with Crippen molar-refractivity contribution in [3.05, 3.63) is 47.3 Å². The molecule has 3 aliphatic rings. The van der Waals surface area contributed by atoms with E-state index in [-0.39, 0.29) is 5.92 Å². The summed E-state index contributed by atoms with van der Waals surface area (Å²) in [7, 11) is 0. The summed E-state index contributed by atoms with van der Waals surface area (Å²) in [6.07, 6.45) is 6.29. The van der Waals surface area contributed by atoms with Crippen LogP contribution < -0.4 is 10.2 Å². The van der Waals surface area contributed by atoms with Crippen LogP contribution >= 0.6 is 0 Å². The van der Waals surface area contributed by atoms with Crippen molar-refractivity contribution in [1.82, 2.24) is 15.1 Å². The van der Waals surface area contributed by atoms with Gasteiger partial charge in [-0.25, -0.2) is 0 Å². The van der Waals surface area contributed by atoms with Crippen LogP contribution in [0.25, 0.3) is 0 Å². The molecule has 6 nitrogen and oxygen atoms in total. The van der Waals surface area contributed by atoms with Gasteiger partial charge in [0.1, 0.15) is 0 Å². The molecule has 5 rings (SSSR count). The average molecular weight is 458 g/mol. The Morgan fingerprint density at radius 3 is 2.58 bits per heavy atom. The number of alkyl halides is 3. The van der Waals surface area contributed by atoms with E-state index >= 15 is 0 Å². The molecule has 1 aromatic heterocycles. The van der Waals surface area contributed by atoms with Gasteiger partial charge in [-0.3, -0.25) is 9.26 Å². The molecule has 33 heavy (non-hydrogen) atoms. The van der Waals surface area contributed by atoms with Crippen LogP contribution in [0.1, 0.15) is 66.8 Å². The quantitative estimate of drug-likeness (QED) is 0.316. The van der Waals surface area contributed by atoms with E-state index in [4.69, 9.17) is 0 Å². The minimum atomic E-state index is -4.37. The fourth-order valence-electron chi connectivity index (χ4n) is 5.21. The summed E-state index contributed by atoms with van der Waals surface area (Å²) in [5.74, 6) is 0.201. The van der Waals surface area contributed by atoms with E-state index < -0.39 is 11.7 Å². The lowest BCUT2D eigenvalue weighted by Gasteiger charge is -2.24. The first kappa shape index (κ1) is 22.0. The molecule has 1 N–H and O–H groups in total. The molecule has 2 saturated heterocycles. The Morgan fingerprint density at radius 1 is 1.12 bits per heavy atom. The standard InChI is InChI=1S/C24H28F3N6/c25-24(26,27)21-4-2-1-3-20(21)18-9-12-31(14-18)16-32(15-28)22-13-30-33(23(22)17-5-6-17)19-7-10-29-11-8-19/h1-4,13,16-19,29H,5-12,14H2/q+1. The topological polar surface area (TPSA) is 59.9 Å². The summed E-state index contributed by atoms with van der Waals surface area (Å²) in [6.45, 7) is 2.99. The minimum Gasteiger partial charge on any atom is -0.317 e. The van der Waals surface area contributed by atoms with E-state index in [1.54, 1.807) is 29.6 Å². The molecule has 3 heterocycles. The lowest BCUT2D eigenvalue weighted by Crippen LogP contribution is -2.31. The number of halogens is 3. The highest BCUT2D eigenvalue weighted by Crippen LogP contribution is 2.46. The summed E-state index contributed by atoms with van der Waals surface area (Å²) in [6, 6.07) is 6.16. The SMILES string of the molecule is N#CN(C=[N+]1CCC(c2ccccc2C(F)(F)F)C1)c1cnn(C2CCNCC2)c1C1CC1. The molecule has 174 valence electrons. The second-order valence-corrected chi connectivity index (χ2v) is 9.27. The van der Waals surface area contributed by atoms with Gasteiger partial charge in [0.25, 0.3) is 12.5 Å². The first-order valence-corrected chi connectivity index (χ1v) is 11.7. The number of nitriles is 1. The number of rotatable bonds is 5. The largest absolute Gasteiger partial charge is 0.416 e. The smallest absolute Gasteiger partial charge is 0.317 e. The molecule has 0 bridgehead atoms. The molecule has 0 radical (unpaired) electrons. The zero-order chi connectivity index (χ0) is 23.0.